The predicted octanol–water partition coefficient (Wildman–Crippen LogP) is 2.15. The van der Waals surface area contributed by atoms with Gasteiger partial charge in [-0.3, -0.25) is 0 Å². The van der Waals surface area contributed by atoms with Gasteiger partial charge in [0, 0.05) is 12.5 Å². The Bertz CT molecular complexity index is 524. The van der Waals surface area contributed by atoms with E-state index in [0.29, 0.717) is 29.9 Å². The first kappa shape index (κ1) is 13.6. The Balaban J connectivity index is 2.01. The van der Waals surface area contributed by atoms with E-state index in [1.807, 2.05) is 14.1 Å². The summed E-state index contributed by atoms with van der Waals surface area (Å²) in [4.78, 5) is 10.3. The lowest BCUT2D eigenvalue weighted by Crippen LogP contribution is -2.24. The molecule has 0 fully saturated rings. The molecule has 0 amide bonds. The molecule has 0 saturated carbocycles. The molecule has 19 heavy (non-hydrogen) atoms. The zero-order chi connectivity index (χ0) is 13.8. The van der Waals surface area contributed by atoms with E-state index in [1.165, 1.54) is 12.1 Å². The quantitative estimate of drug-likeness (QED) is 0.828. The lowest BCUT2D eigenvalue weighted by Gasteiger charge is -2.18. The average molecular weight is 264 g/mol. The molecule has 0 bridgehead atoms. The number of hydrogen-bond acceptors (Lipinski definition) is 5. The number of halogens is 1. The van der Waals surface area contributed by atoms with Gasteiger partial charge in [0.2, 0.25) is 11.7 Å². The van der Waals surface area contributed by atoms with Crippen molar-refractivity contribution in [1.82, 2.24) is 20.0 Å². The minimum atomic E-state index is -0.382. The van der Waals surface area contributed by atoms with Gasteiger partial charge in [-0.05, 0) is 39.6 Å². The van der Waals surface area contributed by atoms with Gasteiger partial charge >= 0.3 is 0 Å². The maximum Gasteiger partial charge on any atom is 0.227 e. The number of nitrogens with zero attached hydrogens (tertiary/aromatic N) is 4. The normalized spacial score (nSPS) is 12.9. The van der Waals surface area contributed by atoms with Crippen LogP contribution in [0.25, 0.3) is 11.5 Å². The maximum atomic E-state index is 12.8. The van der Waals surface area contributed by atoms with Crippen LogP contribution in [-0.2, 0) is 6.42 Å². The highest BCUT2D eigenvalue weighted by Crippen LogP contribution is 2.14. The van der Waals surface area contributed by atoms with Gasteiger partial charge in [-0.1, -0.05) is 5.16 Å². The van der Waals surface area contributed by atoms with Crippen molar-refractivity contribution < 1.29 is 8.91 Å². The number of aryl methyl sites for hydroxylation is 1. The Morgan fingerprint density at radius 3 is 2.79 bits per heavy atom. The smallest absolute Gasteiger partial charge is 0.227 e. The highest BCUT2D eigenvalue weighted by atomic mass is 19.1. The molecule has 0 spiro atoms. The van der Waals surface area contributed by atoms with E-state index in [2.05, 4.69) is 26.9 Å². The molecular formula is C13H17FN4O. The number of aromatic nitrogens is 3. The monoisotopic (exact) mass is 264 g/mol. The average Bonchev–Trinajstić information content (AvgIpc) is 2.85. The minimum Gasteiger partial charge on any atom is -0.339 e. The van der Waals surface area contributed by atoms with Crippen LogP contribution in [0.3, 0.4) is 0 Å². The highest BCUT2D eigenvalue weighted by molar-refractivity contribution is 5.47. The zero-order valence-electron chi connectivity index (χ0n) is 11.3. The zero-order valence-corrected chi connectivity index (χ0v) is 11.3. The summed E-state index contributed by atoms with van der Waals surface area (Å²) in [6, 6.07) is 3.30. The molecule has 2 aromatic rings. The van der Waals surface area contributed by atoms with Crippen molar-refractivity contribution in [3.8, 4) is 11.5 Å². The van der Waals surface area contributed by atoms with Crippen LogP contribution in [0, 0.1) is 5.82 Å². The minimum absolute atomic E-state index is 0.382. The van der Waals surface area contributed by atoms with Crippen molar-refractivity contribution in [1.29, 1.82) is 0 Å². The van der Waals surface area contributed by atoms with Crippen LogP contribution in [0.2, 0.25) is 0 Å². The molecule has 5 nitrogen and oxygen atoms in total. The lowest BCUT2D eigenvalue weighted by molar-refractivity contribution is 0.286. The van der Waals surface area contributed by atoms with Crippen molar-refractivity contribution in [3.63, 3.8) is 0 Å². The highest BCUT2D eigenvalue weighted by Gasteiger charge is 2.12. The largest absolute Gasteiger partial charge is 0.339 e. The van der Waals surface area contributed by atoms with Crippen LogP contribution in [0.1, 0.15) is 19.2 Å². The summed E-state index contributed by atoms with van der Waals surface area (Å²) in [6.45, 7) is 2.14. The van der Waals surface area contributed by atoms with Crippen molar-refractivity contribution in [2.45, 2.75) is 25.8 Å². The fraction of sp³-hybridized carbons (Fsp3) is 0.462. The molecule has 0 unspecified atom stereocenters. The SMILES string of the molecule is C[C@H](CCc1nc(-c2ccc(F)cn2)no1)N(C)C. The molecule has 6 heteroatoms. The molecule has 0 aliphatic carbocycles. The first-order valence-electron chi connectivity index (χ1n) is 6.17. The van der Waals surface area contributed by atoms with Crippen LogP contribution in [0.4, 0.5) is 4.39 Å². The van der Waals surface area contributed by atoms with Crippen LogP contribution < -0.4 is 0 Å². The Kier molecular flexibility index (Phi) is 4.21. The van der Waals surface area contributed by atoms with Gasteiger partial charge in [-0.2, -0.15) is 4.98 Å². The molecule has 2 rings (SSSR count). The van der Waals surface area contributed by atoms with E-state index in [1.54, 1.807) is 0 Å². The summed E-state index contributed by atoms with van der Waals surface area (Å²) >= 11 is 0. The van der Waals surface area contributed by atoms with E-state index < -0.39 is 0 Å². The molecule has 2 heterocycles. The van der Waals surface area contributed by atoms with E-state index in [-0.39, 0.29) is 5.82 Å². The van der Waals surface area contributed by atoms with Crippen molar-refractivity contribution in [3.05, 3.63) is 30.0 Å². The summed E-state index contributed by atoms with van der Waals surface area (Å²) in [5, 5.41) is 3.85. The molecule has 0 aliphatic heterocycles. The van der Waals surface area contributed by atoms with Gasteiger partial charge in [0.05, 0.1) is 6.20 Å². The van der Waals surface area contributed by atoms with Crippen LogP contribution in [-0.4, -0.2) is 40.2 Å². The third-order valence-electron chi connectivity index (χ3n) is 3.08. The lowest BCUT2D eigenvalue weighted by atomic mass is 10.2. The summed E-state index contributed by atoms with van der Waals surface area (Å²) < 4.78 is 17.9. The third-order valence-corrected chi connectivity index (χ3v) is 3.08. The summed E-state index contributed by atoms with van der Waals surface area (Å²) in [5.74, 6) is 0.592. The Labute approximate surface area is 111 Å². The van der Waals surface area contributed by atoms with E-state index in [9.17, 15) is 4.39 Å². The second-order valence-corrected chi connectivity index (χ2v) is 4.72. The molecule has 0 N–H and O–H groups in total. The fourth-order valence-corrected chi connectivity index (χ4v) is 1.56. The molecule has 0 radical (unpaired) electrons. The van der Waals surface area contributed by atoms with Gasteiger partial charge in [-0.15, -0.1) is 0 Å². The molecular weight excluding hydrogens is 247 g/mol. The molecule has 2 aromatic heterocycles. The molecule has 0 aliphatic rings. The molecule has 0 saturated heterocycles. The van der Waals surface area contributed by atoms with Crippen LogP contribution in [0.15, 0.2) is 22.9 Å². The van der Waals surface area contributed by atoms with Crippen LogP contribution in [0.5, 0.6) is 0 Å². The number of pyridine rings is 1. The van der Waals surface area contributed by atoms with E-state index in [0.717, 1.165) is 12.6 Å². The Morgan fingerprint density at radius 2 is 2.16 bits per heavy atom. The molecule has 0 aromatic carbocycles. The first-order valence-corrected chi connectivity index (χ1v) is 6.17. The van der Waals surface area contributed by atoms with E-state index >= 15 is 0 Å². The standard InChI is InChI=1S/C13H17FN4O/c1-9(18(2)3)4-7-12-16-13(17-19-12)11-6-5-10(14)8-15-11/h5-6,8-9H,4,7H2,1-3H3/t9-/m1/s1. The van der Waals surface area contributed by atoms with Gasteiger partial charge < -0.3 is 9.42 Å². The number of hydrogen-bond donors (Lipinski definition) is 0. The summed E-state index contributed by atoms with van der Waals surface area (Å²) in [5.41, 5.74) is 0.511. The molecule has 1 atom stereocenters. The van der Waals surface area contributed by atoms with Crippen molar-refractivity contribution in [2.75, 3.05) is 14.1 Å². The van der Waals surface area contributed by atoms with Gasteiger partial charge in [0.1, 0.15) is 11.5 Å². The molecule has 102 valence electrons. The van der Waals surface area contributed by atoms with Gasteiger partial charge in [0.25, 0.3) is 0 Å². The Morgan fingerprint density at radius 1 is 1.37 bits per heavy atom. The predicted molar refractivity (Wildman–Crippen MR) is 69.0 cm³/mol. The van der Waals surface area contributed by atoms with Gasteiger partial charge in [0.15, 0.2) is 0 Å². The fourth-order valence-electron chi connectivity index (χ4n) is 1.56. The summed E-state index contributed by atoms with van der Waals surface area (Å²) in [6.07, 6.45) is 2.79. The number of rotatable bonds is 5. The van der Waals surface area contributed by atoms with E-state index in [4.69, 9.17) is 4.52 Å². The summed E-state index contributed by atoms with van der Waals surface area (Å²) in [7, 11) is 4.07. The topological polar surface area (TPSA) is 55.1 Å². The van der Waals surface area contributed by atoms with Crippen molar-refractivity contribution in [2.24, 2.45) is 0 Å². The third kappa shape index (κ3) is 3.57. The van der Waals surface area contributed by atoms with Crippen molar-refractivity contribution >= 4 is 0 Å². The second-order valence-electron chi connectivity index (χ2n) is 4.72. The van der Waals surface area contributed by atoms with Gasteiger partial charge in [-0.25, -0.2) is 9.37 Å². The van der Waals surface area contributed by atoms with Crippen LogP contribution >= 0.6 is 0 Å². The second kappa shape index (κ2) is 5.88. The Hall–Kier alpha value is -1.82. The maximum absolute atomic E-state index is 12.8. The first-order chi connectivity index (χ1) is 9.06.